The van der Waals surface area contributed by atoms with Crippen molar-refractivity contribution in [3.63, 3.8) is 0 Å². The molecule has 7 heteroatoms. The second-order valence-electron chi connectivity index (χ2n) is 6.05. The van der Waals surface area contributed by atoms with Crippen LogP contribution in [0.15, 0.2) is 29.5 Å². The van der Waals surface area contributed by atoms with Crippen LogP contribution >= 0.6 is 35.7 Å². The average molecular weight is 473 g/mol. The second kappa shape index (κ2) is 10.3. The van der Waals surface area contributed by atoms with E-state index in [1.165, 1.54) is 23.1 Å². The van der Waals surface area contributed by atoms with Gasteiger partial charge in [-0.15, -0.1) is 24.0 Å². The third kappa shape index (κ3) is 5.26. The van der Waals surface area contributed by atoms with Crippen LogP contribution in [0.5, 0.6) is 0 Å². The molecule has 0 saturated carbocycles. The molecule has 2 N–H and O–H groups in total. The number of aromatic amines is 1. The van der Waals surface area contributed by atoms with Crippen molar-refractivity contribution in [3.05, 3.63) is 30.1 Å². The largest absolute Gasteiger partial charge is 0.357 e. The Balaban J connectivity index is 0.00000225. The van der Waals surface area contributed by atoms with E-state index in [0.717, 1.165) is 49.5 Å². The van der Waals surface area contributed by atoms with Crippen molar-refractivity contribution in [2.75, 3.05) is 31.9 Å². The minimum Gasteiger partial charge on any atom is -0.357 e. The Labute approximate surface area is 171 Å². The summed E-state index contributed by atoms with van der Waals surface area (Å²) in [6.07, 6.45) is 6.04. The van der Waals surface area contributed by atoms with Crippen molar-refractivity contribution in [1.82, 2.24) is 20.2 Å². The number of hydrogen-bond donors (Lipinski definition) is 2. The van der Waals surface area contributed by atoms with E-state index in [2.05, 4.69) is 58.1 Å². The van der Waals surface area contributed by atoms with E-state index >= 15 is 0 Å². The lowest BCUT2D eigenvalue weighted by Crippen LogP contribution is -2.48. The fourth-order valence-corrected chi connectivity index (χ4v) is 4.27. The standard InChI is InChI=1S/C18H27N5S.HI/c1-3-15-13-23(10-11-24-15)18(19-4-2)21-9-7-14-12-22-17-16(14)6-5-8-20-17;/h5-6,8,12,15H,3-4,7,9-11,13H2,1-2H3,(H,19,21)(H,20,22);1H. The Morgan fingerprint density at radius 2 is 2.36 bits per heavy atom. The highest BCUT2D eigenvalue weighted by atomic mass is 127. The number of pyridine rings is 1. The molecule has 1 unspecified atom stereocenters. The fraction of sp³-hybridized carbons (Fsp3) is 0.556. The SMILES string of the molecule is CCNC(=NCCc1c[nH]c2ncccc12)N1CCSC(CC)C1.I. The first-order valence-corrected chi connectivity index (χ1v) is 9.92. The maximum atomic E-state index is 4.88. The van der Waals surface area contributed by atoms with Crippen molar-refractivity contribution >= 4 is 52.7 Å². The summed E-state index contributed by atoms with van der Waals surface area (Å²) in [5, 5.41) is 5.39. The zero-order chi connectivity index (χ0) is 16.8. The summed E-state index contributed by atoms with van der Waals surface area (Å²) in [4.78, 5) is 14.9. The maximum absolute atomic E-state index is 4.88. The Kier molecular flexibility index (Phi) is 8.35. The highest BCUT2D eigenvalue weighted by Crippen LogP contribution is 2.21. The Hall–Kier alpha value is -0.960. The van der Waals surface area contributed by atoms with Gasteiger partial charge in [0, 0.05) is 55.0 Å². The Bertz CT molecular complexity index is 687. The number of guanidine groups is 1. The van der Waals surface area contributed by atoms with E-state index in [1.807, 2.05) is 12.3 Å². The molecule has 1 aliphatic heterocycles. The van der Waals surface area contributed by atoms with Gasteiger partial charge in [-0.05, 0) is 37.5 Å². The monoisotopic (exact) mass is 473 g/mol. The van der Waals surface area contributed by atoms with Crippen molar-refractivity contribution < 1.29 is 0 Å². The van der Waals surface area contributed by atoms with Crippen LogP contribution in [0.3, 0.4) is 0 Å². The molecule has 0 radical (unpaired) electrons. The van der Waals surface area contributed by atoms with Gasteiger partial charge < -0.3 is 15.2 Å². The quantitative estimate of drug-likeness (QED) is 0.397. The Morgan fingerprint density at radius 3 is 3.16 bits per heavy atom. The minimum atomic E-state index is 0. The highest BCUT2D eigenvalue weighted by Gasteiger charge is 2.21. The average Bonchev–Trinajstić information content (AvgIpc) is 3.04. The smallest absolute Gasteiger partial charge is 0.193 e. The topological polar surface area (TPSA) is 56.3 Å². The minimum absolute atomic E-state index is 0. The molecule has 1 fully saturated rings. The van der Waals surface area contributed by atoms with Crippen LogP contribution in [0, 0.1) is 0 Å². The predicted molar refractivity (Wildman–Crippen MR) is 119 cm³/mol. The van der Waals surface area contributed by atoms with Gasteiger partial charge in [-0.25, -0.2) is 4.98 Å². The maximum Gasteiger partial charge on any atom is 0.193 e. The van der Waals surface area contributed by atoms with Gasteiger partial charge in [0.2, 0.25) is 0 Å². The molecule has 2 aromatic rings. The number of nitrogens with zero attached hydrogens (tertiary/aromatic N) is 3. The molecule has 3 rings (SSSR count). The summed E-state index contributed by atoms with van der Waals surface area (Å²) in [5.74, 6) is 2.26. The van der Waals surface area contributed by atoms with E-state index in [-0.39, 0.29) is 24.0 Å². The van der Waals surface area contributed by atoms with Crippen LogP contribution in [0.25, 0.3) is 11.0 Å². The molecule has 0 aliphatic carbocycles. The zero-order valence-electron chi connectivity index (χ0n) is 15.0. The number of halogens is 1. The second-order valence-corrected chi connectivity index (χ2v) is 7.45. The van der Waals surface area contributed by atoms with Crippen LogP contribution in [0.1, 0.15) is 25.8 Å². The number of nitrogens with one attached hydrogen (secondary N) is 2. The molecule has 0 spiro atoms. The van der Waals surface area contributed by atoms with Gasteiger partial charge in [-0.3, -0.25) is 4.99 Å². The first kappa shape index (κ1) is 20.4. The van der Waals surface area contributed by atoms with Crippen LogP contribution < -0.4 is 5.32 Å². The van der Waals surface area contributed by atoms with E-state index < -0.39 is 0 Å². The van der Waals surface area contributed by atoms with E-state index in [9.17, 15) is 0 Å². The molecule has 5 nitrogen and oxygen atoms in total. The first-order valence-electron chi connectivity index (χ1n) is 8.87. The number of hydrogen-bond acceptors (Lipinski definition) is 3. The van der Waals surface area contributed by atoms with Crippen LogP contribution in [0.4, 0.5) is 0 Å². The van der Waals surface area contributed by atoms with Crippen molar-refractivity contribution in [2.45, 2.75) is 31.9 Å². The van der Waals surface area contributed by atoms with Gasteiger partial charge in [0.25, 0.3) is 0 Å². The van der Waals surface area contributed by atoms with Gasteiger partial charge in [-0.2, -0.15) is 11.8 Å². The van der Waals surface area contributed by atoms with Crippen LogP contribution in [-0.2, 0) is 6.42 Å². The number of H-pyrrole nitrogens is 1. The molecule has 3 heterocycles. The number of rotatable bonds is 5. The number of fused-ring (bicyclic) bond motifs is 1. The van der Waals surface area contributed by atoms with Gasteiger partial charge in [0.05, 0.1) is 0 Å². The molecule has 138 valence electrons. The summed E-state index contributed by atoms with van der Waals surface area (Å²) in [6.45, 7) is 8.31. The fourth-order valence-electron chi connectivity index (χ4n) is 3.09. The van der Waals surface area contributed by atoms with Crippen LogP contribution in [0.2, 0.25) is 0 Å². The van der Waals surface area contributed by atoms with Crippen molar-refractivity contribution in [2.24, 2.45) is 4.99 Å². The lowest BCUT2D eigenvalue weighted by molar-refractivity contribution is 0.408. The summed E-state index contributed by atoms with van der Waals surface area (Å²) in [7, 11) is 0. The molecule has 0 bridgehead atoms. The number of aliphatic imine (C=N–C) groups is 1. The van der Waals surface area contributed by atoms with Crippen LogP contribution in [-0.4, -0.2) is 58.0 Å². The molecular formula is C18H28IN5S. The summed E-state index contributed by atoms with van der Waals surface area (Å²) < 4.78 is 0. The molecular weight excluding hydrogens is 445 g/mol. The lowest BCUT2D eigenvalue weighted by atomic mass is 10.1. The summed E-state index contributed by atoms with van der Waals surface area (Å²) in [6, 6.07) is 4.11. The van der Waals surface area contributed by atoms with E-state index in [4.69, 9.17) is 4.99 Å². The van der Waals surface area contributed by atoms with Gasteiger partial charge >= 0.3 is 0 Å². The first-order chi connectivity index (χ1) is 11.8. The number of aromatic nitrogens is 2. The molecule has 0 amide bonds. The third-order valence-electron chi connectivity index (χ3n) is 4.41. The van der Waals surface area contributed by atoms with E-state index in [0.29, 0.717) is 0 Å². The van der Waals surface area contributed by atoms with E-state index in [1.54, 1.807) is 0 Å². The predicted octanol–water partition coefficient (Wildman–Crippen LogP) is 3.52. The lowest BCUT2D eigenvalue weighted by Gasteiger charge is -2.34. The summed E-state index contributed by atoms with van der Waals surface area (Å²) in [5.41, 5.74) is 2.25. The summed E-state index contributed by atoms with van der Waals surface area (Å²) >= 11 is 2.09. The molecule has 2 aromatic heterocycles. The zero-order valence-corrected chi connectivity index (χ0v) is 18.1. The molecule has 0 aromatic carbocycles. The Morgan fingerprint density at radius 1 is 1.48 bits per heavy atom. The molecule has 1 atom stereocenters. The molecule has 25 heavy (non-hydrogen) atoms. The normalized spacial score (nSPS) is 18.2. The molecule has 1 aliphatic rings. The van der Waals surface area contributed by atoms with Gasteiger partial charge in [0.15, 0.2) is 5.96 Å². The van der Waals surface area contributed by atoms with Crippen molar-refractivity contribution in [1.29, 1.82) is 0 Å². The van der Waals surface area contributed by atoms with Gasteiger partial charge in [0.1, 0.15) is 5.65 Å². The third-order valence-corrected chi connectivity index (χ3v) is 5.78. The van der Waals surface area contributed by atoms with Gasteiger partial charge in [-0.1, -0.05) is 6.92 Å². The molecule has 1 saturated heterocycles. The number of thioether (sulfide) groups is 1. The highest BCUT2D eigenvalue weighted by molar-refractivity contribution is 14.0. The van der Waals surface area contributed by atoms with Crippen molar-refractivity contribution in [3.8, 4) is 0 Å².